The normalized spacial score (nSPS) is 16.2. The number of pyridine rings is 1. The van der Waals surface area contributed by atoms with Crippen molar-refractivity contribution in [3.8, 4) is 17.0 Å². The first kappa shape index (κ1) is 18.5. The van der Waals surface area contributed by atoms with E-state index in [0.29, 0.717) is 17.3 Å². The van der Waals surface area contributed by atoms with Crippen LogP contribution in [0.1, 0.15) is 30.4 Å². The summed E-state index contributed by atoms with van der Waals surface area (Å²) in [5.41, 5.74) is 9.26. The lowest BCUT2D eigenvalue weighted by Gasteiger charge is -2.08. The third-order valence-corrected chi connectivity index (χ3v) is 5.28. The van der Waals surface area contributed by atoms with Crippen molar-refractivity contribution in [1.82, 2.24) is 24.7 Å². The average Bonchev–Trinajstić information content (AvgIpc) is 3.41. The van der Waals surface area contributed by atoms with E-state index in [1.54, 1.807) is 6.20 Å². The fourth-order valence-corrected chi connectivity index (χ4v) is 3.83. The van der Waals surface area contributed by atoms with Crippen molar-refractivity contribution in [3.05, 3.63) is 72.3 Å². The predicted molar refractivity (Wildman–Crippen MR) is 111 cm³/mol. The fraction of sp³-hybridized carbons (Fsp3) is 0.227. The van der Waals surface area contributed by atoms with Crippen molar-refractivity contribution < 1.29 is 9.13 Å². The maximum Gasteiger partial charge on any atom is 0.150 e. The van der Waals surface area contributed by atoms with Gasteiger partial charge in [0.2, 0.25) is 0 Å². The summed E-state index contributed by atoms with van der Waals surface area (Å²) in [7, 11) is 0. The van der Waals surface area contributed by atoms with Crippen LogP contribution in [-0.4, -0.2) is 25.9 Å². The molecule has 3 N–H and O–H groups in total. The van der Waals surface area contributed by atoms with Gasteiger partial charge in [-0.15, -0.1) is 0 Å². The first-order valence-corrected chi connectivity index (χ1v) is 9.88. The minimum absolute atomic E-state index is 0.193. The average molecular weight is 404 g/mol. The summed E-state index contributed by atoms with van der Waals surface area (Å²) in [6.45, 7) is 1.18. The lowest BCUT2D eigenvalue weighted by molar-refractivity contribution is 0.300. The molecular formula is C22H21FN6O. The van der Waals surface area contributed by atoms with Crippen molar-refractivity contribution in [2.75, 3.05) is 12.3 Å². The quantitative estimate of drug-likeness (QED) is 0.529. The van der Waals surface area contributed by atoms with E-state index < -0.39 is 0 Å². The van der Waals surface area contributed by atoms with E-state index >= 15 is 0 Å². The second kappa shape index (κ2) is 7.72. The molecule has 1 saturated heterocycles. The summed E-state index contributed by atoms with van der Waals surface area (Å²) in [4.78, 5) is 13.3. The molecule has 1 fully saturated rings. The molecule has 0 aliphatic carbocycles. The first-order valence-electron chi connectivity index (χ1n) is 9.88. The lowest BCUT2D eigenvalue weighted by atomic mass is 10.1. The van der Waals surface area contributed by atoms with Gasteiger partial charge in [0.15, 0.2) is 0 Å². The minimum Gasteiger partial charge on any atom is -0.487 e. The number of halogens is 1. The Hall–Kier alpha value is -3.52. The fourth-order valence-electron chi connectivity index (χ4n) is 3.83. The highest BCUT2D eigenvalue weighted by Gasteiger charge is 2.24. The number of aromatic nitrogens is 4. The molecule has 0 amide bonds. The summed E-state index contributed by atoms with van der Waals surface area (Å²) in [6, 6.07) is 10.5. The molecule has 1 aliphatic rings. The molecule has 1 atom stereocenters. The van der Waals surface area contributed by atoms with Crippen molar-refractivity contribution >= 4 is 11.3 Å². The molecule has 0 unspecified atom stereocenters. The molecule has 0 saturated carbocycles. The summed E-state index contributed by atoms with van der Waals surface area (Å²) in [5, 5.41) is 3.50. The highest BCUT2D eigenvalue weighted by molar-refractivity contribution is 5.85. The molecular weight excluding hydrogens is 383 g/mol. The molecule has 1 aromatic carbocycles. The highest BCUT2D eigenvalue weighted by atomic mass is 19.1. The van der Waals surface area contributed by atoms with Crippen LogP contribution >= 0.6 is 0 Å². The summed E-state index contributed by atoms with van der Waals surface area (Å²) >= 11 is 0. The number of imidazole rings is 1. The maximum absolute atomic E-state index is 13.3. The van der Waals surface area contributed by atoms with Crippen LogP contribution in [-0.2, 0) is 6.61 Å². The number of fused-ring (bicyclic) bond motifs is 1. The van der Waals surface area contributed by atoms with Crippen molar-refractivity contribution in [2.45, 2.75) is 25.5 Å². The third-order valence-electron chi connectivity index (χ3n) is 5.28. The van der Waals surface area contributed by atoms with Gasteiger partial charge in [0, 0.05) is 24.2 Å². The number of nitrogens with one attached hydrogen (secondary N) is 1. The van der Waals surface area contributed by atoms with Crippen LogP contribution in [0, 0.1) is 5.82 Å². The lowest BCUT2D eigenvalue weighted by Crippen LogP contribution is -2.15. The molecule has 152 valence electrons. The Morgan fingerprint density at radius 2 is 2.03 bits per heavy atom. The van der Waals surface area contributed by atoms with Gasteiger partial charge in [-0.3, -0.25) is 9.38 Å². The maximum atomic E-state index is 13.3. The van der Waals surface area contributed by atoms with Crippen LogP contribution in [0.2, 0.25) is 0 Å². The van der Waals surface area contributed by atoms with Gasteiger partial charge in [-0.25, -0.2) is 14.4 Å². The van der Waals surface area contributed by atoms with Crippen LogP contribution in [0.5, 0.6) is 5.75 Å². The summed E-state index contributed by atoms with van der Waals surface area (Å²) in [5.74, 6) is 1.73. The Morgan fingerprint density at radius 1 is 1.17 bits per heavy atom. The Kier molecular flexibility index (Phi) is 4.76. The van der Waals surface area contributed by atoms with Gasteiger partial charge in [-0.2, -0.15) is 0 Å². The van der Waals surface area contributed by atoms with Crippen LogP contribution < -0.4 is 15.8 Å². The van der Waals surface area contributed by atoms with E-state index in [1.807, 2.05) is 34.9 Å². The molecule has 4 aromatic rings. The van der Waals surface area contributed by atoms with E-state index in [4.69, 9.17) is 15.5 Å². The molecule has 0 spiro atoms. The largest absolute Gasteiger partial charge is 0.487 e. The van der Waals surface area contributed by atoms with E-state index in [1.165, 1.54) is 18.3 Å². The number of nitrogens with zero attached hydrogens (tertiary/aromatic N) is 4. The molecule has 4 heterocycles. The van der Waals surface area contributed by atoms with E-state index in [9.17, 15) is 4.39 Å². The zero-order chi connectivity index (χ0) is 20.5. The minimum atomic E-state index is -0.329. The van der Waals surface area contributed by atoms with Gasteiger partial charge in [-0.1, -0.05) is 0 Å². The summed E-state index contributed by atoms with van der Waals surface area (Å²) in [6.07, 6.45) is 7.20. The van der Waals surface area contributed by atoms with Gasteiger partial charge in [0.25, 0.3) is 0 Å². The number of hydrogen-bond donors (Lipinski definition) is 2. The number of benzene rings is 1. The van der Waals surface area contributed by atoms with Crippen LogP contribution in [0.25, 0.3) is 16.8 Å². The monoisotopic (exact) mass is 404 g/mol. The number of rotatable bonds is 5. The zero-order valence-electron chi connectivity index (χ0n) is 16.3. The molecule has 0 bridgehead atoms. The SMILES string of the molecule is Nc1nccn2c([C@@H]3CCCN3)nc(-c3ccc(OCc4cc(F)ccn4)cc3)c12. The van der Waals surface area contributed by atoms with E-state index in [0.717, 1.165) is 42.0 Å². The molecule has 5 rings (SSSR count). The Bertz CT molecular complexity index is 1180. The third kappa shape index (κ3) is 3.46. The standard InChI is InChI=1S/C22H21FN6O/c23-15-7-9-25-16(12-15)13-30-17-5-3-14(4-6-17)19-20-21(24)27-10-11-29(20)22(28-19)18-2-1-8-26-18/h3-7,9-12,18,26H,1-2,8,13H2,(H2,24,27)/t18-/m0/s1. The van der Waals surface area contributed by atoms with Gasteiger partial charge >= 0.3 is 0 Å². The van der Waals surface area contributed by atoms with Crippen LogP contribution in [0.3, 0.4) is 0 Å². The first-order chi connectivity index (χ1) is 14.7. The second-order valence-corrected chi connectivity index (χ2v) is 7.28. The molecule has 3 aromatic heterocycles. The Labute approximate surface area is 172 Å². The number of anilines is 1. The Balaban J connectivity index is 1.44. The van der Waals surface area contributed by atoms with Crippen molar-refractivity contribution in [1.29, 1.82) is 0 Å². The van der Waals surface area contributed by atoms with Gasteiger partial charge in [0.05, 0.1) is 11.7 Å². The predicted octanol–water partition coefficient (Wildman–Crippen LogP) is 3.52. The van der Waals surface area contributed by atoms with Crippen LogP contribution in [0.15, 0.2) is 55.0 Å². The Morgan fingerprint density at radius 3 is 2.80 bits per heavy atom. The number of nitrogens with two attached hydrogens (primary N) is 1. The van der Waals surface area contributed by atoms with Crippen molar-refractivity contribution in [2.24, 2.45) is 0 Å². The van der Waals surface area contributed by atoms with Gasteiger partial charge in [0.1, 0.15) is 41.0 Å². The molecule has 1 aliphatic heterocycles. The molecule has 7 nitrogen and oxygen atoms in total. The molecule has 8 heteroatoms. The number of hydrogen-bond acceptors (Lipinski definition) is 6. The topological polar surface area (TPSA) is 90.4 Å². The highest BCUT2D eigenvalue weighted by Crippen LogP contribution is 2.33. The van der Waals surface area contributed by atoms with E-state index in [2.05, 4.69) is 15.3 Å². The van der Waals surface area contributed by atoms with Gasteiger partial charge < -0.3 is 15.8 Å². The number of ether oxygens (including phenoxy) is 1. The van der Waals surface area contributed by atoms with Gasteiger partial charge in [-0.05, 0) is 55.8 Å². The smallest absolute Gasteiger partial charge is 0.150 e. The molecule has 30 heavy (non-hydrogen) atoms. The second-order valence-electron chi connectivity index (χ2n) is 7.28. The summed E-state index contributed by atoms with van der Waals surface area (Å²) < 4.78 is 21.0. The molecule has 0 radical (unpaired) electrons. The van der Waals surface area contributed by atoms with Crippen molar-refractivity contribution in [3.63, 3.8) is 0 Å². The zero-order valence-corrected chi connectivity index (χ0v) is 16.3. The van der Waals surface area contributed by atoms with Crippen LogP contribution in [0.4, 0.5) is 10.2 Å². The van der Waals surface area contributed by atoms with E-state index in [-0.39, 0.29) is 18.5 Å². The number of nitrogen functional groups attached to an aromatic ring is 1.